The third-order valence-corrected chi connectivity index (χ3v) is 3.34. The highest BCUT2D eigenvalue weighted by Gasteiger charge is 2.13. The number of oxazole rings is 1. The third-order valence-electron chi connectivity index (χ3n) is 2.88. The Balaban J connectivity index is 2.15. The first kappa shape index (κ1) is 12.9. The Hall–Kier alpha value is -2.08. The van der Waals surface area contributed by atoms with E-state index in [1.54, 1.807) is 18.2 Å². The number of rotatable bonds is 2. The number of anilines is 1. The molecule has 0 radical (unpaired) electrons. The van der Waals surface area contributed by atoms with Crippen LogP contribution in [0.5, 0.6) is 5.75 Å². The minimum Gasteiger partial charge on any atom is -0.494 e. The van der Waals surface area contributed by atoms with Crippen molar-refractivity contribution < 1.29 is 13.5 Å². The average Bonchev–Trinajstić information content (AvgIpc) is 2.82. The van der Waals surface area contributed by atoms with Gasteiger partial charge in [-0.2, -0.15) is 0 Å². The summed E-state index contributed by atoms with van der Waals surface area (Å²) in [7, 11) is 1.41. The third kappa shape index (κ3) is 2.12. The zero-order valence-corrected chi connectivity index (χ0v) is 12.1. The summed E-state index contributed by atoms with van der Waals surface area (Å²) in [6.07, 6.45) is 0. The second-order valence-corrected chi connectivity index (χ2v) is 5.13. The van der Waals surface area contributed by atoms with Gasteiger partial charge in [0.1, 0.15) is 5.52 Å². The SMILES string of the molecule is COc1ccc(-c2nc3cc(Br)cc(N)c3o2)cc1F. The van der Waals surface area contributed by atoms with E-state index >= 15 is 0 Å². The van der Waals surface area contributed by atoms with Crippen molar-refractivity contribution in [2.24, 2.45) is 0 Å². The van der Waals surface area contributed by atoms with Crippen LogP contribution in [0.4, 0.5) is 10.1 Å². The highest BCUT2D eigenvalue weighted by atomic mass is 79.9. The van der Waals surface area contributed by atoms with E-state index in [0.717, 1.165) is 4.47 Å². The maximum atomic E-state index is 13.7. The summed E-state index contributed by atoms with van der Waals surface area (Å²) >= 11 is 3.34. The lowest BCUT2D eigenvalue weighted by molar-refractivity contribution is 0.386. The smallest absolute Gasteiger partial charge is 0.227 e. The van der Waals surface area contributed by atoms with Crippen molar-refractivity contribution in [3.63, 3.8) is 0 Å². The molecule has 3 rings (SSSR count). The van der Waals surface area contributed by atoms with Crippen molar-refractivity contribution in [1.29, 1.82) is 0 Å². The van der Waals surface area contributed by atoms with Gasteiger partial charge in [-0.15, -0.1) is 0 Å². The van der Waals surface area contributed by atoms with Gasteiger partial charge in [-0.25, -0.2) is 9.37 Å². The highest BCUT2D eigenvalue weighted by molar-refractivity contribution is 9.10. The molecule has 0 bridgehead atoms. The number of benzene rings is 2. The van der Waals surface area contributed by atoms with E-state index in [-0.39, 0.29) is 5.75 Å². The number of fused-ring (bicyclic) bond motifs is 1. The average molecular weight is 337 g/mol. The number of halogens is 2. The molecule has 0 saturated heterocycles. The van der Waals surface area contributed by atoms with Crippen LogP contribution < -0.4 is 10.5 Å². The number of nitrogen functional groups attached to an aromatic ring is 1. The Morgan fingerprint density at radius 3 is 2.80 bits per heavy atom. The predicted molar refractivity (Wildman–Crippen MR) is 78.1 cm³/mol. The first-order valence-corrected chi connectivity index (χ1v) is 6.57. The number of ether oxygens (including phenoxy) is 1. The fourth-order valence-electron chi connectivity index (χ4n) is 1.95. The number of methoxy groups -OCH3 is 1. The zero-order chi connectivity index (χ0) is 14.3. The van der Waals surface area contributed by atoms with E-state index in [1.807, 2.05) is 0 Å². The molecule has 0 aliphatic heterocycles. The lowest BCUT2D eigenvalue weighted by Gasteiger charge is -2.02. The maximum Gasteiger partial charge on any atom is 0.227 e. The second-order valence-electron chi connectivity index (χ2n) is 4.21. The first-order chi connectivity index (χ1) is 9.58. The van der Waals surface area contributed by atoms with Crippen molar-refractivity contribution in [2.45, 2.75) is 0 Å². The fourth-order valence-corrected chi connectivity index (χ4v) is 2.41. The molecule has 0 saturated carbocycles. The van der Waals surface area contributed by atoms with Crippen LogP contribution in [0.3, 0.4) is 0 Å². The van der Waals surface area contributed by atoms with E-state index in [1.165, 1.54) is 19.2 Å². The van der Waals surface area contributed by atoms with Crippen LogP contribution in [-0.4, -0.2) is 12.1 Å². The molecule has 0 spiro atoms. The molecule has 0 amide bonds. The summed E-state index contributed by atoms with van der Waals surface area (Å²) in [4.78, 5) is 4.32. The van der Waals surface area contributed by atoms with Gasteiger partial charge in [0, 0.05) is 10.0 Å². The van der Waals surface area contributed by atoms with Crippen LogP contribution in [0.25, 0.3) is 22.6 Å². The number of nitrogens with two attached hydrogens (primary N) is 1. The molecule has 3 aromatic rings. The monoisotopic (exact) mass is 336 g/mol. The van der Waals surface area contributed by atoms with Crippen LogP contribution in [-0.2, 0) is 0 Å². The lowest BCUT2D eigenvalue weighted by Crippen LogP contribution is -1.88. The Bertz CT molecular complexity index is 801. The zero-order valence-electron chi connectivity index (χ0n) is 10.5. The summed E-state index contributed by atoms with van der Waals surface area (Å²) in [5.41, 5.74) is 7.96. The Labute approximate surface area is 122 Å². The summed E-state index contributed by atoms with van der Waals surface area (Å²) in [5, 5.41) is 0. The topological polar surface area (TPSA) is 61.3 Å². The van der Waals surface area contributed by atoms with Crippen molar-refractivity contribution >= 4 is 32.7 Å². The van der Waals surface area contributed by atoms with E-state index < -0.39 is 5.82 Å². The molecule has 20 heavy (non-hydrogen) atoms. The number of nitrogens with zero attached hydrogens (tertiary/aromatic N) is 1. The van der Waals surface area contributed by atoms with Crippen LogP contribution in [0.15, 0.2) is 39.2 Å². The van der Waals surface area contributed by atoms with Gasteiger partial charge >= 0.3 is 0 Å². The summed E-state index contributed by atoms with van der Waals surface area (Å²) in [5.74, 6) is 0.0138. The van der Waals surface area contributed by atoms with Gasteiger partial charge in [0.2, 0.25) is 5.89 Å². The normalized spacial score (nSPS) is 10.9. The van der Waals surface area contributed by atoms with Gasteiger partial charge in [-0.1, -0.05) is 15.9 Å². The molecule has 0 atom stereocenters. The minimum absolute atomic E-state index is 0.173. The van der Waals surface area contributed by atoms with E-state index in [0.29, 0.717) is 28.2 Å². The van der Waals surface area contributed by atoms with Crippen molar-refractivity contribution in [1.82, 2.24) is 4.98 Å². The molecule has 2 aromatic carbocycles. The molecule has 6 heteroatoms. The van der Waals surface area contributed by atoms with Gasteiger partial charge in [0.25, 0.3) is 0 Å². The van der Waals surface area contributed by atoms with Gasteiger partial charge < -0.3 is 14.9 Å². The maximum absolute atomic E-state index is 13.7. The van der Waals surface area contributed by atoms with Crippen LogP contribution in [0, 0.1) is 5.82 Å². The standard InChI is InChI=1S/C14H10BrFN2O2/c1-19-12-3-2-7(4-9(12)16)14-18-11-6-8(15)5-10(17)13(11)20-14/h2-6H,17H2,1H3. The summed E-state index contributed by atoms with van der Waals surface area (Å²) in [6, 6.07) is 8.04. The second kappa shape index (κ2) is 4.79. The molecule has 0 unspecified atom stereocenters. The van der Waals surface area contributed by atoms with Crippen molar-refractivity contribution in [2.75, 3.05) is 12.8 Å². The van der Waals surface area contributed by atoms with Gasteiger partial charge in [-0.3, -0.25) is 0 Å². The number of hydrogen-bond acceptors (Lipinski definition) is 4. The molecule has 4 nitrogen and oxygen atoms in total. The molecule has 1 aromatic heterocycles. The fraction of sp³-hybridized carbons (Fsp3) is 0.0714. The van der Waals surface area contributed by atoms with Gasteiger partial charge in [0.05, 0.1) is 12.8 Å². The molecule has 0 aliphatic carbocycles. The lowest BCUT2D eigenvalue weighted by atomic mass is 10.2. The molecule has 102 valence electrons. The first-order valence-electron chi connectivity index (χ1n) is 5.78. The molecular formula is C14H10BrFN2O2. The number of aromatic nitrogens is 1. The predicted octanol–water partition coefficient (Wildman–Crippen LogP) is 3.99. The Morgan fingerprint density at radius 2 is 2.10 bits per heavy atom. The molecule has 1 heterocycles. The summed E-state index contributed by atoms with van der Waals surface area (Å²) < 4.78 is 25.0. The number of hydrogen-bond donors (Lipinski definition) is 1. The van der Waals surface area contributed by atoms with Crippen LogP contribution in [0.2, 0.25) is 0 Å². The van der Waals surface area contributed by atoms with Gasteiger partial charge in [-0.05, 0) is 30.3 Å². The quantitative estimate of drug-likeness (QED) is 0.719. The highest BCUT2D eigenvalue weighted by Crippen LogP contribution is 2.32. The van der Waals surface area contributed by atoms with Gasteiger partial charge in [0.15, 0.2) is 17.1 Å². The largest absolute Gasteiger partial charge is 0.494 e. The van der Waals surface area contributed by atoms with Crippen LogP contribution >= 0.6 is 15.9 Å². The Morgan fingerprint density at radius 1 is 1.30 bits per heavy atom. The van der Waals surface area contributed by atoms with Crippen molar-refractivity contribution in [3.8, 4) is 17.2 Å². The van der Waals surface area contributed by atoms with E-state index in [4.69, 9.17) is 14.9 Å². The van der Waals surface area contributed by atoms with E-state index in [9.17, 15) is 4.39 Å². The summed E-state index contributed by atoms with van der Waals surface area (Å²) in [6.45, 7) is 0. The molecule has 2 N–H and O–H groups in total. The molecular weight excluding hydrogens is 327 g/mol. The van der Waals surface area contributed by atoms with E-state index in [2.05, 4.69) is 20.9 Å². The van der Waals surface area contributed by atoms with Crippen LogP contribution in [0.1, 0.15) is 0 Å². The molecule has 0 aliphatic rings. The molecule has 0 fully saturated rings. The van der Waals surface area contributed by atoms with Crippen molar-refractivity contribution in [3.05, 3.63) is 40.6 Å². The Kier molecular flexibility index (Phi) is 3.10. The minimum atomic E-state index is -0.471.